The molecule has 2 aliphatic rings. The van der Waals surface area contributed by atoms with Crippen LogP contribution in [0.3, 0.4) is 0 Å². The Kier molecular flexibility index (Phi) is 8.39. The number of nitrogens with zero attached hydrogens (tertiary/aromatic N) is 9. The van der Waals surface area contributed by atoms with Crippen LogP contribution in [0.2, 0.25) is 5.28 Å². The fraction of sp³-hybridized carbons (Fsp3) is 0.360. The number of aromatic nitrogens is 8. The number of carbonyl (C=O) groups is 2. The largest absolute Gasteiger partial charge is 0.478 e. The zero-order valence-corrected chi connectivity index (χ0v) is 23.3. The van der Waals surface area contributed by atoms with Gasteiger partial charge in [-0.25, -0.2) is 29.5 Å². The average Bonchev–Trinajstić information content (AvgIpc) is 3.31. The van der Waals surface area contributed by atoms with Crippen LogP contribution in [0, 0.1) is 11.8 Å². The molecule has 13 nitrogen and oxygen atoms in total. The molecule has 2 N–H and O–H groups in total. The van der Waals surface area contributed by atoms with Crippen molar-refractivity contribution in [2.24, 2.45) is 11.8 Å². The van der Waals surface area contributed by atoms with Crippen molar-refractivity contribution in [2.45, 2.75) is 31.9 Å². The molecule has 0 bridgehead atoms. The van der Waals surface area contributed by atoms with Crippen LogP contribution < -0.4 is 4.90 Å². The molecule has 6 rings (SSSR count). The van der Waals surface area contributed by atoms with Crippen molar-refractivity contribution in [3.63, 3.8) is 0 Å². The van der Waals surface area contributed by atoms with E-state index in [4.69, 9.17) is 21.8 Å². The minimum atomic E-state index is -4.84. The summed E-state index contributed by atoms with van der Waals surface area (Å²) in [5.74, 6) is -1.28. The van der Waals surface area contributed by atoms with E-state index >= 15 is 0 Å². The summed E-state index contributed by atoms with van der Waals surface area (Å²) in [5, 5.41) is 24.3. The number of alkyl halides is 6. The summed E-state index contributed by atoms with van der Waals surface area (Å²) >= 11 is 5.47. The van der Waals surface area contributed by atoms with Gasteiger partial charge in [-0.15, -0.1) is 0 Å². The first-order valence-corrected chi connectivity index (χ1v) is 13.2. The number of fused-ring (bicyclic) bond motifs is 1. The Morgan fingerprint density at radius 3 is 1.51 bits per heavy atom. The number of carboxylic acid groups (broad SMARTS) is 2. The highest BCUT2D eigenvalue weighted by Crippen LogP contribution is 2.45. The second-order valence-electron chi connectivity index (χ2n) is 10.2. The first-order valence-electron chi connectivity index (χ1n) is 12.9. The number of hydrogen-bond donors (Lipinski definition) is 2. The van der Waals surface area contributed by atoms with Gasteiger partial charge in [0.05, 0.1) is 13.1 Å². The number of carboxylic acids is 2. The lowest BCUT2D eigenvalue weighted by atomic mass is 10.2. The third-order valence-electron chi connectivity index (χ3n) is 6.84. The summed E-state index contributed by atoms with van der Waals surface area (Å²) in [7, 11) is 0. The zero-order chi connectivity index (χ0) is 32.7. The van der Waals surface area contributed by atoms with Crippen LogP contribution in [0.5, 0.6) is 0 Å². The molecule has 1 saturated heterocycles. The van der Waals surface area contributed by atoms with Gasteiger partial charge in [0.15, 0.2) is 11.4 Å². The normalized spacial score (nSPS) is 17.4. The predicted octanol–water partition coefficient (Wildman–Crippen LogP) is 3.99. The number of aromatic carboxylic acids is 2. The molecule has 2 fully saturated rings. The van der Waals surface area contributed by atoms with Gasteiger partial charge in [0.2, 0.25) is 11.2 Å². The minimum Gasteiger partial charge on any atom is -0.478 e. The highest BCUT2D eigenvalue weighted by atomic mass is 35.5. The quantitative estimate of drug-likeness (QED) is 0.218. The Balaban J connectivity index is 0.000000183. The van der Waals surface area contributed by atoms with Crippen LogP contribution in [-0.4, -0.2) is 74.7 Å². The molecule has 0 radical (unpaired) electrons. The van der Waals surface area contributed by atoms with Gasteiger partial charge in [0, 0.05) is 61.4 Å². The standard InChI is InChI=1S/C15H14F3N5O2.C10H6ClF3N4O2/c16-15(17,18)12-11(13(24)25)7-23(21-12)4-8-2-19-14(20-3-8)22-5-9-1-10(9)6-22;11-9-15-1-5(2-16-9)3-18-4-6(8(19)20)7(17-18)10(12,13)14/h2-3,7,9-10H,1,4-6H2,(H,24,25);1-2,4H,3H2,(H,19,20). The van der Waals surface area contributed by atoms with E-state index in [2.05, 4.69) is 35.0 Å². The van der Waals surface area contributed by atoms with Gasteiger partial charge >= 0.3 is 24.3 Å². The van der Waals surface area contributed by atoms with E-state index in [0.717, 1.165) is 46.7 Å². The van der Waals surface area contributed by atoms with Crippen LogP contribution in [-0.2, 0) is 25.4 Å². The summed E-state index contributed by atoms with van der Waals surface area (Å²) in [6.07, 6.45) is -1.04. The van der Waals surface area contributed by atoms with Crippen molar-refractivity contribution in [1.82, 2.24) is 39.5 Å². The second kappa shape index (κ2) is 11.9. The Morgan fingerprint density at radius 1 is 0.756 bits per heavy atom. The predicted molar refractivity (Wildman–Crippen MR) is 139 cm³/mol. The zero-order valence-electron chi connectivity index (χ0n) is 22.5. The fourth-order valence-corrected chi connectivity index (χ4v) is 4.78. The third kappa shape index (κ3) is 7.47. The van der Waals surface area contributed by atoms with Crippen LogP contribution >= 0.6 is 11.6 Å². The van der Waals surface area contributed by atoms with Crippen molar-refractivity contribution in [3.8, 4) is 0 Å². The summed E-state index contributed by atoms with van der Waals surface area (Å²) in [5.41, 5.74) is -3.66. The third-order valence-corrected chi connectivity index (χ3v) is 7.03. The maximum absolute atomic E-state index is 12.9. The highest BCUT2D eigenvalue weighted by Gasteiger charge is 2.46. The van der Waals surface area contributed by atoms with Crippen molar-refractivity contribution in [1.29, 1.82) is 0 Å². The molecule has 5 heterocycles. The van der Waals surface area contributed by atoms with Gasteiger partial charge in [-0.1, -0.05) is 0 Å². The smallest absolute Gasteiger partial charge is 0.436 e. The molecule has 2 atom stereocenters. The Labute approximate surface area is 253 Å². The number of halogens is 7. The van der Waals surface area contributed by atoms with Crippen LogP contribution in [0.4, 0.5) is 32.3 Å². The van der Waals surface area contributed by atoms with Gasteiger partial charge in [0.25, 0.3) is 0 Å². The number of hydrogen-bond acceptors (Lipinski definition) is 9. The first kappa shape index (κ1) is 31.6. The number of anilines is 1. The lowest BCUT2D eigenvalue weighted by molar-refractivity contribution is -0.142. The molecule has 0 amide bonds. The van der Waals surface area contributed by atoms with Crippen LogP contribution in [0.15, 0.2) is 37.2 Å². The van der Waals surface area contributed by atoms with Crippen molar-refractivity contribution < 1.29 is 46.1 Å². The molecule has 0 aromatic carbocycles. The molecule has 45 heavy (non-hydrogen) atoms. The molecular weight excluding hydrogens is 640 g/mol. The molecule has 4 aromatic rings. The van der Waals surface area contributed by atoms with Gasteiger partial charge in [-0.2, -0.15) is 36.5 Å². The van der Waals surface area contributed by atoms with Gasteiger partial charge in [-0.3, -0.25) is 9.36 Å². The summed E-state index contributed by atoms with van der Waals surface area (Å²) in [4.78, 5) is 39.7. The molecule has 1 saturated carbocycles. The van der Waals surface area contributed by atoms with Crippen LogP contribution in [0.25, 0.3) is 0 Å². The molecule has 2 unspecified atom stereocenters. The number of rotatable bonds is 7. The van der Waals surface area contributed by atoms with E-state index in [-0.39, 0.29) is 18.4 Å². The Bertz CT molecular complexity index is 1700. The monoisotopic (exact) mass is 659 g/mol. The van der Waals surface area contributed by atoms with E-state index in [1.54, 1.807) is 0 Å². The van der Waals surface area contributed by atoms with E-state index < -0.39 is 46.8 Å². The van der Waals surface area contributed by atoms with Crippen molar-refractivity contribution >= 4 is 29.5 Å². The van der Waals surface area contributed by atoms with Gasteiger partial charge in [0.1, 0.15) is 11.1 Å². The second-order valence-corrected chi connectivity index (χ2v) is 10.5. The summed E-state index contributed by atoms with van der Waals surface area (Å²) < 4.78 is 78.3. The summed E-state index contributed by atoms with van der Waals surface area (Å²) in [6, 6.07) is 0. The molecule has 1 aliphatic carbocycles. The SMILES string of the molecule is O=C(O)c1cn(Cc2cnc(Cl)nc2)nc1C(F)(F)F.O=C(O)c1cn(Cc2cnc(N3CC4CC4C3)nc2)nc1C(F)(F)F. The topological polar surface area (TPSA) is 165 Å². The van der Waals surface area contributed by atoms with Gasteiger partial charge in [-0.05, 0) is 29.9 Å². The lowest BCUT2D eigenvalue weighted by Crippen LogP contribution is -2.24. The maximum atomic E-state index is 12.9. The minimum absolute atomic E-state index is 0.00331. The van der Waals surface area contributed by atoms with E-state index in [1.807, 2.05) is 0 Å². The number of piperidine rings is 1. The van der Waals surface area contributed by atoms with Crippen LogP contribution in [0.1, 0.15) is 49.7 Å². The molecule has 20 heteroatoms. The van der Waals surface area contributed by atoms with E-state index in [9.17, 15) is 35.9 Å². The average molecular weight is 660 g/mol. The van der Waals surface area contributed by atoms with Crippen molar-refractivity contribution in [3.05, 3.63) is 76.1 Å². The molecule has 0 spiro atoms. The molecule has 1 aliphatic heterocycles. The van der Waals surface area contributed by atoms with E-state index in [0.29, 0.717) is 17.1 Å². The lowest BCUT2D eigenvalue weighted by Gasteiger charge is -2.17. The Morgan fingerprint density at radius 2 is 1.16 bits per heavy atom. The van der Waals surface area contributed by atoms with E-state index in [1.165, 1.54) is 31.2 Å². The first-order chi connectivity index (χ1) is 21.1. The van der Waals surface area contributed by atoms with Crippen molar-refractivity contribution in [2.75, 3.05) is 18.0 Å². The molecule has 238 valence electrons. The Hall–Kier alpha value is -4.81. The molecule has 4 aromatic heterocycles. The van der Waals surface area contributed by atoms with Gasteiger partial charge < -0.3 is 15.1 Å². The fourth-order valence-electron chi connectivity index (χ4n) is 4.69. The molecular formula is C25H20ClF6N9O4. The maximum Gasteiger partial charge on any atom is 0.436 e. The highest BCUT2D eigenvalue weighted by molar-refractivity contribution is 6.28. The summed E-state index contributed by atoms with van der Waals surface area (Å²) in [6.45, 7) is 1.75.